The normalized spacial score (nSPS) is 14.8. The van der Waals surface area contributed by atoms with Crippen molar-refractivity contribution in [3.63, 3.8) is 0 Å². The molecule has 0 saturated carbocycles. The predicted octanol–water partition coefficient (Wildman–Crippen LogP) is 7.08. The summed E-state index contributed by atoms with van der Waals surface area (Å²) in [6, 6.07) is 41.2. The molecule has 0 radical (unpaired) electrons. The molecule has 3 aromatic carbocycles. The summed E-state index contributed by atoms with van der Waals surface area (Å²) in [5.41, 5.74) is 7.41. The summed E-state index contributed by atoms with van der Waals surface area (Å²) in [6.45, 7) is 2.49. The lowest BCUT2D eigenvalue weighted by Crippen LogP contribution is -2.46. The van der Waals surface area contributed by atoms with Crippen LogP contribution in [0.2, 0.25) is 6.55 Å². The third-order valence-electron chi connectivity index (χ3n) is 7.13. The zero-order valence-corrected chi connectivity index (χ0v) is 21.2. The molecular weight excluding hydrogens is 452 g/mol. The monoisotopic (exact) mass is 478 g/mol. The fraction of sp³-hybridized carbons (Fsp3) is 0.0303. The Balaban J connectivity index is 1.82. The number of allylic oxidation sites excluding steroid dienone is 2. The summed E-state index contributed by atoms with van der Waals surface area (Å²) in [5.74, 6) is 0. The van der Waals surface area contributed by atoms with Crippen molar-refractivity contribution in [2.45, 2.75) is 6.55 Å². The Morgan fingerprint density at radius 3 is 1.22 bits per heavy atom. The molecule has 3 heterocycles. The summed E-state index contributed by atoms with van der Waals surface area (Å²) < 4.78 is 0. The molecule has 2 nitrogen and oxygen atoms in total. The molecule has 0 fully saturated rings. The molecule has 2 aromatic heterocycles. The summed E-state index contributed by atoms with van der Waals surface area (Å²) >= 11 is 0. The minimum atomic E-state index is -2.52. The molecule has 36 heavy (non-hydrogen) atoms. The zero-order chi connectivity index (χ0) is 24.4. The van der Waals surface area contributed by atoms with Crippen molar-refractivity contribution >= 4 is 34.8 Å². The van der Waals surface area contributed by atoms with Crippen molar-refractivity contribution in [3.8, 4) is 0 Å². The molecule has 0 saturated heterocycles. The highest BCUT2D eigenvalue weighted by molar-refractivity contribution is 7.21. The van der Waals surface area contributed by atoms with E-state index in [0.29, 0.717) is 0 Å². The summed E-state index contributed by atoms with van der Waals surface area (Å²) in [5, 5.41) is 4.17. The molecule has 0 aliphatic carbocycles. The highest BCUT2D eigenvalue weighted by Crippen LogP contribution is 2.55. The molecule has 0 atom stereocenters. The van der Waals surface area contributed by atoms with Gasteiger partial charge in [-0.3, -0.25) is 9.97 Å². The number of nitrogens with zero attached hydrogens (tertiary/aromatic N) is 2. The van der Waals surface area contributed by atoms with Gasteiger partial charge in [-0.25, -0.2) is 0 Å². The van der Waals surface area contributed by atoms with Crippen LogP contribution in [0.15, 0.2) is 140 Å². The van der Waals surface area contributed by atoms with Gasteiger partial charge in [0.25, 0.3) is 0 Å². The molecule has 172 valence electrons. The number of aromatic nitrogens is 2. The van der Waals surface area contributed by atoms with Crippen LogP contribution in [-0.2, 0) is 0 Å². The summed E-state index contributed by atoms with van der Waals surface area (Å²) in [6.07, 6.45) is 7.77. The summed E-state index contributed by atoms with van der Waals surface area (Å²) in [4.78, 5) is 9.14. The van der Waals surface area contributed by atoms with E-state index >= 15 is 0 Å². The smallest absolute Gasteiger partial charge is 0.148 e. The van der Waals surface area contributed by atoms with Crippen LogP contribution >= 0.6 is 0 Å². The highest BCUT2D eigenvalue weighted by atomic mass is 28.3. The van der Waals surface area contributed by atoms with E-state index in [1.807, 2.05) is 24.8 Å². The minimum Gasteiger partial charge on any atom is -0.264 e. The van der Waals surface area contributed by atoms with Gasteiger partial charge in [0, 0.05) is 24.8 Å². The van der Waals surface area contributed by atoms with Crippen LogP contribution in [-0.4, -0.2) is 18.0 Å². The molecule has 0 N–H and O–H groups in total. The van der Waals surface area contributed by atoms with E-state index in [4.69, 9.17) is 0 Å². The molecule has 5 aromatic rings. The number of hydrogen-bond acceptors (Lipinski definition) is 2. The third kappa shape index (κ3) is 3.65. The largest absolute Gasteiger partial charge is 0.264 e. The van der Waals surface area contributed by atoms with E-state index in [1.54, 1.807) is 0 Å². The lowest BCUT2D eigenvalue weighted by Gasteiger charge is -2.31. The molecule has 0 amide bonds. The maximum atomic E-state index is 4.57. The molecule has 1 aliphatic rings. The minimum absolute atomic E-state index is 1.18. The van der Waals surface area contributed by atoms with Crippen molar-refractivity contribution in [2.75, 3.05) is 0 Å². The van der Waals surface area contributed by atoms with E-state index < -0.39 is 8.07 Å². The Bertz CT molecular complexity index is 1440. The van der Waals surface area contributed by atoms with Crippen LogP contribution in [0.25, 0.3) is 21.5 Å². The average Bonchev–Trinajstić information content (AvgIpc) is 3.25. The predicted molar refractivity (Wildman–Crippen MR) is 153 cm³/mol. The van der Waals surface area contributed by atoms with Gasteiger partial charge in [0.1, 0.15) is 8.07 Å². The fourth-order valence-electron chi connectivity index (χ4n) is 5.61. The molecule has 1 aliphatic heterocycles. The Hall–Kier alpha value is -4.34. The van der Waals surface area contributed by atoms with Crippen molar-refractivity contribution in [1.82, 2.24) is 9.97 Å². The zero-order valence-electron chi connectivity index (χ0n) is 20.2. The van der Waals surface area contributed by atoms with Gasteiger partial charge in [-0.15, -0.1) is 0 Å². The van der Waals surface area contributed by atoms with Crippen LogP contribution in [0.3, 0.4) is 0 Å². The van der Waals surface area contributed by atoms with E-state index in [2.05, 4.69) is 132 Å². The van der Waals surface area contributed by atoms with E-state index in [1.165, 1.54) is 49.0 Å². The first-order valence-corrected chi connectivity index (χ1v) is 14.8. The third-order valence-corrected chi connectivity index (χ3v) is 11.7. The SMILES string of the molecule is C[Si]1(c2ccccc2)C(c2cccnc2)=C(c2ccccc2)C(c2ccccc2)=C1c1cccnc1. The number of rotatable bonds is 5. The lowest BCUT2D eigenvalue weighted by atomic mass is 9.89. The van der Waals surface area contributed by atoms with Gasteiger partial charge in [-0.2, -0.15) is 0 Å². The van der Waals surface area contributed by atoms with Crippen molar-refractivity contribution < 1.29 is 0 Å². The van der Waals surface area contributed by atoms with Crippen LogP contribution in [0, 0.1) is 0 Å². The molecule has 6 rings (SSSR count). The Kier molecular flexibility index (Phi) is 5.76. The van der Waals surface area contributed by atoms with Crippen molar-refractivity contribution in [2.24, 2.45) is 0 Å². The van der Waals surface area contributed by atoms with Gasteiger partial charge >= 0.3 is 0 Å². The summed E-state index contributed by atoms with van der Waals surface area (Å²) in [7, 11) is -2.52. The maximum Gasteiger partial charge on any atom is 0.148 e. The van der Waals surface area contributed by atoms with Crippen molar-refractivity contribution in [1.29, 1.82) is 0 Å². The lowest BCUT2D eigenvalue weighted by molar-refractivity contribution is 1.31. The number of hydrogen-bond donors (Lipinski definition) is 0. The molecule has 0 spiro atoms. The van der Waals surface area contributed by atoms with Gasteiger partial charge in [0.05, 0.1) is 0 Å². The van der Waals surface area contributed by atoms with Crippen LogP contribution in [0.4, 0.5) is 0 Å². The standard InChI is InChI=1S/C33H26N2Si/c1-36(29-19-9-4-10-20-29)32(27-17-11-21-34-23-27)30(25-13-5-2-6-14-25)31(26-15-7-3-8-16-26)33(36)28-18-12-22-35-24-28/h2-24H,1H3. The fourth-order valence-corrected chi connectivity index (χ4v) is 10.3. The van der Waals surface area contributed by atoms with E-state index in [0.717, 1.165) is 0 Å². The van der Waals surface area contributed by atoms with Crippen LogP contribution in [0.5, 0.6) is 0 Å². The number of pyridine rings is 2. The van der Waals surface area contributed by atoms with E-state index in [-0.39, 0.29) is 0 Å². The second-order valence-electron chi connectivity index (χ2n) is 9.21. The second kappa shape index (κ2) is 9.37. The van der Waals surface area contributed by atoms with Gasteiger partial charge in [0.2, 0.25) is 0 Å². The molecule has 0 bridgehead atoms. The van der Waals surface area contributed by atoms with Gasteiger partial charge in [0.15, 0.2) is 0 Å². The van der Waals surface area contributed by atoms with Crippen molar-refractivity contribution in [3.05, 3.63) is 162 Å². The quantitative estimate of drug-likeness (QED) is 0.252. The first-order valence-electron chi connectivity index (χ1n) is 12.3. The molecule has 3 heteroatoms. The maximum absolute atomic E-state index is 4.57. The highest BCUT2D eigenvalue weighted by Gasteiger charge is 2.48. The molecule has 0 unspecified atom stereocenters. The van der Waals surface area contributed by atoms with Gasteiger partial charge in [-0.1, -0.05) is 110 Å². The topological polar surface area (TPSA) is 25.8 Å². The average molecular weight is 479 g/mol. The van der Waals surface area contributed by atoms with E-state index in [9.17, 15) is 0 Å². The van der Waals surface area contributed by atoms with Gasteiger partial charge in [-0.05, 0) is 61.1 Å². The molecular formula is C33H26N2Si. The Morgan fingerprint density at radius 1 is 0.444 bits per heavy atom. The van der Waals surface area contributed by atoms with Gasteiger partial charge < -0.3 is 0 Å². The van der Waals surface area contributed by atoms with Crippen LogP contribution < -0.4 is 5.19 Å². The Labute approximate surface area is 213 Å². The second-order valence-corrected chi connectivity index (χ2v) is 13.0. The number of benzene rings is 3. The van der Waals surface area contributed by atoms with Crippen LogP contribution in [0.1, 0.15) is 22.3 Å². The Morgan fingerprint density at radius 2 is 0.833 bits per heavy atom. The first kappa shape index (κ1) is 22.1. The first-order chi connectivity index (χ1) is 17.8.